The minimum absolute atomic E-state index is 0. The third kappa shape index (κ3) is 20.6. The quantitative estimate of drug-likeness (QED) is 0.0634. The van der Waals surface area contributed by atoms with Gasteiger partial charge in [-0.05, 0) is 136 Å². The lowest BCUT2D eigenvalue weighted by atomic mass is 10.3. The number of ether oxygens (including phenoxy) is 2. The zero-order valence-corrected chi connectivity index (χ0v) is 34.8. The van der Waals surface area contributed by atoms with Crippen molar-refractivity contribution >= 4 is 81.8 Å². The molecule has 2 unspecified atom stereocenters. The molecule has 4 aromatic rings. The van der Waals surface area contributed by atoms with Crippen molar-refractivity contribution in [3.05, 3.63) is 114 Å². The summed E-state index contributed by atoms with van der Waals surface area (Å²) in [6.07, 6.45) is 3.14. The van der Waals surface area contributed by atoms with Crippen molar-refractivity contribution in [2.45, 2.75) is 78.3 Å². The molecule has 0 fully saturated rings. The monoisotopic (exact) mass is 844 g/mol. The minimum atomic E-state index is -2.81. The summed E-state index contributed by atoms with van der Waals surface area (Å²) in [6.45, 7) is 10.5. The molecular weight excluding hydrogens is 798 g/mol. The van der Waals surface area contributed by atoms with E-state index in [4.69, 9.17) is 65.6 Å². The van der Waals surface area contributed by atoms with Crippen molar-refractivity contribution in [2.75, 3.05) is 0 Å². The Morgan fingerprint density at radius 3 is 1.63 bits per heavy atom. The summed E-state index contributed by atoms with van der Waals surface area (Å²) in [6, 6.07) is 28.3. The van der Waals surface area contributed by atoms with Crippen molar-refractivity contribution in [3.63, 3.8) is 0 Å². The van der Waals surface area contributed by atoms with E-state index in [9.17, 15) is 9.59 Å². The highest BCUT2D eigenvalue weighted by Gasteiger charge is 2.29. The summed E-state index contributed by atoms with van der Waals surface area (Å²) < 4.78 is 22.7. The summed E-state index contributed by atoms with van der Waals surface area (Å²) in [5.74, 6) is -2.36. The lowest BCUT2D eigenvalue weighted by molar-refractivity contribution is -0.149. The molecule has 0 spiro atoms. The van der Waals surface area contributed by atoms with Gasteiger partial charge >= 0.3 is 11.9 Å². The van der Waals surface area contributed by atoms with E-state index in [0.29, 0.717) is 11.5 Å². The zero-order valence-electron chi connectivity index (χ0n) is 29.0. The number of esters is 2. The highest BCUT2D eigenvalue weighted by atomic mass is 35.7. The van der Waals surface area contributed by atoms with E-state index in [1.165, 1.54) is 11.4 Å². The first-order valence-electron chi connectivity index (χ1n) is 15.7. The molecule has 4 atom stereocenters. The van der Waals surface area contributed by atoms with Crippen LogP contribution < -0.4 is 19.2 Å². The van der Waals surface area contributed by atoms with Crippen molar-refractivity contribution < 1.29 is 28.1 Å². The molecule has 52 heavy (non-hydrogen) atoms. The maximum absolute atomic E-state index is 12.1. The molecule has 0 radical (unpaired) electrons. The molecule has 0 amide bonds. The van der Waals surface area contributed by atoms with E-state index in [0.717, 1.165) is 9.67 Å². The SMILES string of the molecule is C.CC(C)OC(=O)[C@H](C)NP(=S)(Cl)Oc1ccccc1.CC(C)OC(=O)[C@H](C)NP(=S)(Oc1ccccc1)Sc1ccccn1.S=c1cccc[nH]1. The number of para-hydroxylation sites is 2. The molecular formula is C35H47ClN4O6P2S4. The van der Waals surface area contributed by atoms with E-state index in [1.807, 2.05) is 105 Å². The molecule has 10 nitrogen and oxygen atoms in total. The van der Waals surface area contributed by atoms with Gasteiger partial charge in [0.25, 0.3) is 5.77 Å². The summed E-state index contributed by atoms with van der Waals surface area (Å²) in [5, 5.41) is 6.69. The van der Waals surface area contributed by atoms with E-state index in [1.54, 1.807) is 46.0 Å². The molecule has 2 heterocycles. The van der Waals surface area contributed by atoms with Crippen LogP contribution in [0, 0.1) is 4.64 Å². The molecule has 2 aromatic heterocycles. The molecule has 0 aliphatic carbocycles. The van der Waals surface area contributed by atoms with E-state index >= 15 is 0 Å². The summed E-state index contributed by atoms with van der Waals surface area (Å²) >= 11 is 23.1. The van der Waals surface area contributed by atoms with Crippen molar-refractivity contribution in [1.82, 2.24) is 20.1 Å². The van der Waals surface area contributed by atoms with E-state index < -0.39 is 29.4 Å². The van der Waals surface area contributed by atoms with Crippen molar-refractivity contribution in [3.8, 4) is 11.5 Å². The van der Waals surface area contributed by atoms with Gasteiger partial charge in [-0.15, -0.1) is 0 Å². The maximum atomic E-state index is 12.1. The predicted octanol–water partition coefficient (Wildman–Crippen LogP) is 10.2. The van der Waals surface area contributed by atoms with Crippen molar-refractivity contribution in [2.24, 2.45) is 0 Å². The fourth-order valence-corrected chi connectivity index (χ4v) is 11.1. The Balaban J connectivity index is 0.000000441. The van der Waals surface area contributed by atoms with Crippen LogP contribution in [0.5, 0.6) is 11.5 Å². The average molecular weight is 845 g/mol. The van der Waals surface area contributed by atoms with Crippen LogP contribution in [0.3, 0.4) is 0 Å². The predicted molar refractivity (Wildman–Crippen MR) is 225 cm³/mol. The summed E-state index contributed by atoms with van der Waals surface area (Å²) in [5.41, 5.74) is -2.68. The standard InChI is InChI=1S/C17H21N2O3PS2.C12H17ClNO3PS.C5H5NS.CH4/c1-13(2)21-17(20)14(3)19-23(24,22-15-9-5-4-6-10-15)25-16-11-7-8-12-18-16;1-9(2)16-12(15)10(3)14-18(13,19)17-11-7-5-4-6-8-11;7-5-3-1-2-4-6-5;/h4-14H,1-3H3,(H,19,24);4-10H,1-3H3,(H,14,19);1-4H,(H,6,7);1H4/t14-,23?;10-,18?;;/m00../s1. The number of H-pyrrole nitrogens is 1. The van der Waals surface area contributed by atoms with E-state index in [2.05, 4.69) is 20.1 Å². The molecule has 284 valence electrons. The first-order chi connectivity index (χ1) is 24.1. The number of benzene rings is 2. The Kier molecular flexibility index (Phi) is 22.4. The number of aromatic amines is 1. The first-order valence-corrected chi connectivity index (χ1v) is 23.8. The second kappa shape index (κ2) is 24.6. The van der Waals surface area contributed by atoms with Crippen LogP contribution in [0.25, 0.3) is 0 Å². The van der Waals surface area contributed by atoms with Crippen LogP contribution in [-0.2, 0) is 42.7 Å². The zero-order chi connectivity index (χ0) is 37.9. The lowest BCUT2D eigenvalue weighted by Crippen LogP contribution is -2.35. The number of hydrogen-bond donors (Lipinski definition) is 3. The van der Waals surface area contributed by atoms with Crippen LogP contribution in [0.4, 0.5) is 0 Å². The molecule has 3 N–H and O–H groups in total. The van der Waals surface area contributed by atoms with E-state index in [-0.39, 0.29) is 25.6 Å². The molecule has 17 heteroatoms. The van der Waals surface area contributed by atoms with Gasteiger partial charge in [-0.2, -0.15) is 0 Å². The molecule has 0 saturated heterocycles. The molecule has 0 aliphatic rings. The average Bonchev–Trinajstić information content (AvgIpc) is 3.06. The number of carbonyl (C=O) groups excluding carboxylic acids is 2. The highest BCUT2D eigenvalue weighted by molar-refractivity contribution is 8.68. The Morgan fingerprint density at radius 2 is 1.21 bits per heavy atom. The van der Waals surface area contributed by atoms with Gasteiger partial charge in [-0.3, -0.25) is 9.59 Å². The van der Waals surface area contributed by atoms with Crippen LogP contribution in [-0.4, -0.2) is 46.2 Å². The van der Waals surface area contributed by atoms with Gasteiger partial charge in [-0.25, -0.2) is 15.2 Å². The third-order valence-corrected chi connectivity index (χ3v) is 12.9. The topological polar surface area (TPSA) is 124 Å². The molecule has 2 aromatic carbocycles. The Bertz CT molecular complexity index is 1710. The Morgan fingerprint density at radius 1 is 0.731 bits per heavy atom. The minimum Gasteiger partial charge on any atom is -0.462 e. The van der Waals surface area contributed by atoms with Gasteiger partial charge in [0.2, 0.25) is 5.62 Å². The third-order valence-electron chi connectivity index (χ3n) is 5.58. The Hall–Kier alpha value is -2.64. The second-order valence-corrected chi connectivity index (χ2v) is 22.7. The number of aromatic nitrogens is 2. The molecule has 0 aliphatic heterocycles. The normalized spacial score (nSPS) is 13.9. The van der Waals surface area contributed by atoms with Gasteiger partial charge in [0, 0.05) is 12.4 Å². The fraction of sp³-hybridized carbons (Fsp3) is 0.314. The van der Waals surface area contributed by atoms with Gasteiger partial charge in [-0.1, -0.05) is 68.2 Å². The number of nitrogens with zero attached hydrogens (tertiary/aromatic N) is 1. The summed E-state index contributed by atoms with van der Waals surface area (Å²) in [7, 11) is 0. The number of hydrogen-bond acceptors (Lipinski definition) is 11. The van der Waals surface area contributed by atoms with Gasteiger partial charge in [0.05, 0.1) is 12.2 Å². The first kappa shape index (κ1) is 47.4. The summed E-state index contributed by atoms with van der Waals surface area (Å²) in [4.78, 5) is 30.9. The molecule has 4 rings (SSSR count). The van der Waals surface area contributed by atoms with Crippen molar-refractivity contribution in [1.29, 1.82) is 0 Å². The molecule has 0 saturated carbocycles. The van der Waals surface area contributed by atoms with Crippen LogP contribution >= 0.6 is 46.2 Å². The smallest absolute Gasteiger partial charge is 0.323 e. The largest absolute Gasteiger partial charge is 0.462 e. The van der Waals surface area contributed by atoms with Crippen LogP contribution in [0.2, 0.25) is 0 Å². The number of carbonyl (C=O) groups is 2. The second-order valence-electron chi connectivity index (χ2n) is 10.9. The van der Waals surface area contributed by atoms with Gasteiger partial charge in [0.1, 0.15) is 33.2 Å². The maximum Gasteiger partial charge on any atom is 0.323 e. The number of halogens is 1. The highest BCUT2D eigenvalue weighted by Crippen LogP contribution is 2.59. The van der Waals surface area contributed by atoms with Crippen LogP contribution in [0.1, 0.15) is 49.0 Å². The number of nitrogens with one attached hydrogen (secondary N) is 3. The van der Waals surface area contributed by atoms with Crippen LogP contribution in [0.15, 0.2) is 114 Å². The molecule has 0 bridgehead atoms. The van der Waals surface area contributed by atoms with Gasteiger partial charge < -0.3 is 23.5 Å². The number of pyridine rings is 2. The lowest BCUT2D eigenvalue weighted by Gasteiger charge is -2.26. The van der Waals surface area contributed by atoms with Gasteiger partial charge in [0.15, 0.2) is 0 Å². The fourth-order valence-electron chi connectivity index (χ4n) is 3.48. The Labute approximate surface area is 332 Å². The number of rotatable bonds is 14.